The van der Waals surface area contributed by atoms with Gasteiger partial charge in [-0.25, -0.2) is 4.98 Å². The number of thiophene rings is 2. The number of nitriles is 1. The molecule has 0 fully saturated rings. The number of nitrogens with one attached hydrogen (secondary N) is 2. The monoisotopic (exact) mass is 392 g/mol. The molecular weight excluding hydrogens is 376 g/mol. The number of hydrogen-bond acceptors (Lipinski definition) is 6. The van der Waals surface area contributed by atoms with E-state index >= 15 is 0 Å². The van der Waals surface area contributed by atoms with Gasteiger partial charge in [-0.05, 0) is 36.8 Å². The van der Waals surface area contributed by atoms with Gasteiger partial charge in [-0.2, -0.15) is 5.26 Å². The van der Waals surface area contributed by atoms with Gasteiger partial charge in [-0.15, -0.1) is 22.7 Å². The van der Waals surface area contributed by atoms with E-state index in [9.17, 15) is 4.79 Å². The number of H-pyrrole nitrogens is 1. The van der Waals surface area contributed by atoms with E-state index in [1.807, 2.05) is 35.7 Å². The first-order valence-corrected chi connectivity index (χ1v) is 10.1. The number of aromatic amines is 1. The van der Waals surface area contributed by atoms with Gasteiger partial charge in [0.05, 0.1) is 24.4 Å². The largest absolute Gasteiger partial charge is 0.378 e. The van der Waals surface area contributed by atoms with Crippen molar-refractivity contribution in [1.82, 2.24) is 9.97 Å². The van der Waals surface area contributed by atoms with E-state index < -0.39 is 0 Å². The number of hydrogen-bond donors (Lipinski definition) is 2. The van der Waals surface area contributed by atoms with E-state index in [4.69, 9.17) is 5.26 Å². The minimum absolute atomic E-state index is 0.108. The Morgan fingerprint density at radius 3 is 2.74 bits per heavy atom. The lowest BCUT2D eigenvalue weighted by Crippen LogP contribution is -2.14. The second-order valence-electron chi connectivity index (χ2n) is 6.14. The molecule has 4 aromatic rings. The molecular formula is C20H16N4OS2. The lowest BCUT2D eigenvalue weighted by Gasteiger charge is -2.06. The maximum absolute atomic E-state index is 12.6. The van der Waals surface area contributed by atoms with Crippen LogP contribution in [0, 0.1) is 18.3 Å². The molecule has 0 aliphatic carbocycles. The van der Waals surface area contributed by atoms with Crippen LogP contribution in [0.2, 0.25) is 0 Å². The molecule has 2 N–H and O–H groups in total. The van der Waals surface area contributed by atoms with Crippen LogP contribution >= 0.6 is 22.7 Å². The van der Waals surface area contributed by atoms with Gasteiger partial charge in [0.1, 0.15) is 10.7 Å². The summed E-state index contributed by atoms with van der Waals surface area (Å²) in [5.41, 5.74) is 2.74. The van der Waals surface area contributed by atoms with Crippen molar-refractivity contribution in [1.29, 1.82) is 5.26 Å². The van der Waals surface area contributed by atoms with E-state index in [0.717, 1.165) is 26.5 Å². The molecule has 0 atom stereocenters. The minimum Gasteiger partial charge on any atom is -0.378 e. The highest BCUT2D eigenvalue weighted by atomic mass is 32.1. The fourth-order valence-corrected chi connectivity index (χ4v) is 4.78. The van der Waals surface area contributed by atoms with Gasteiger partial charge in [0.25, 0.3) is 5.56 Å². The van der Waals surface area contributed by atoms with Crippen molar-refractivity contribution in [3.05, 3.63) is 68.4 Å². The number of rotatable bonds is 5. The van der Waals surface area contributed by atoms with Crippen molar-refractivity contribution in [2.75, 3.05) is 5.32 Å². The number of aryl methyl sites for hydroxylation is 1. The Labute approximate surface area is 164 Å². The number of benzene rings is 1. The molecule has 0 bridgehead atoms. The molecule has 0 aliphatic heterocycles. The Hall–Kier alpha value is -2.95. The zero-order chi connectivity index (χ0) is 18.8. The van der Waals surface area contributed by atoms with Gasteiger partial charge >= 0.3 is 0 Å². The summed E-state index contributed by atoms with van der Waals surface area (Å²) in [5, 5.41) is 14.6. The zero-order valence-electron chi connectivity index (χ0n) is 14.6. The third kappa shape index (κ3) is 3.63. The third-order valence-corrected chi connectivity index (χ3v) is 6.10. The van der Waals surface area contributed by atoms with Crippen LogP contribution in [0.15, 0.2) is 46.6 Å². The Kier molecular flexibility index (Phi) is 4.75. The van der Waals surface area contributed by atoms with Gasteiger partial charge in [0, 0.05) is 26.4 Å². The van der Waals surface area contributed by atoms with Crippen molar-refractivity contribution in [2.24, 2.45) is 0 Å². The van der Waals surface area contributed by atoms with Crippen LogP contribution in [0.25, 0.3) is 20.7 Å². The van der Waals surface area contributed by atoms with Gasteiger partial charge < -0.3 is 10.3 Å². The Morgan fingerprint density at radius 1 is 1.22 bits per heavy atom. The summed E-state index contributed by atoms with van der Waals surface area (Å²) >= 11 is 3.17. The fraction of sp³-hybridized carbons (Fsp3) is 0.150. The summed E-state index contributed by atoms with van der Waals surface area (Å²) in [4.78, 5) is 23.2. The maximum atomic E-state index is 12.6. The number of fused-ring (bicyclic) bond motifs is 1. The van der Waals surface area contributed by atoms with Crippen molar-refractivity contribution in [2.45, 2.75) is 19.9 Å². The molecule has 0 aliphatic rings. The maximum Gasteiger partial charge on any atom is 0.260 e. The van der Waals surface area contributed by atoms with E-state index in [1.165, 1.54) is 16.2 Å². The second-order valence-corrected chi connectivity index (χ2v) is 8.28. The van der Waals surface area contributed by atoms with Crippen LogP contribution in [0.1, 0.15) is 16.3 Å². The molecule has 0 unspecified atom stereocenters. The van der Waals surface area contributed by atoms with E-state index in [2.05, 4.69) is 34.3 Å². The van der Waals surface area contributed by atoms with Crippen LogP contribution in [0.5, 0.6) is 0 Å². The van der Waals surface area contributed by atoms with Crippen LogP contribution in [0.4, 0.5) is 5.69 Å². The molecule has 0 amide bonds. The summed E-state index contributed by atoms with van der Waals surface area (Å²) < 4.78 is 0. The number of nitrogens with zero attached hydrogens (tertiary/aromatic N) is 2. The lowest BCUT2D eigenvalue weighted by atomic mass is 10.1. The van der Waals surface area contributed by atoms with Crippen molar-refractivity contribution in [3.8, 4) is 16.5 Å². The zero-order valence-corrected chi connectivity index (χ0v) is 16.2. The highest BCUT2D eigenvalue weighted by Gasteiger charge is 2.14. The highest BCUT2D eigenvalue weighted by molar-refractivity contribution is 7.19. The minimum atomic E-state index is -0.108. The first kappa shape index (κ1) is 17.5. The normalized spacial score (nSPS) is 10.8. The predicted molar refractivity (Wildman–Crippen MR) is 111 cm³/mol. The van der Waals surface area contributed by atoms with Gasteiger partial charge in [0.15, 0.2) is 0 Å². The molecule has 5 nitrogen and oxygen atoms in total. The topological polar surface area (TPSA) is 81.6 Å². The molecule has 3 aromatic heterocycles. The average molecular weight is 393 g/mol. The summed E-state index contributed by atoms with van der Waals surface area (Å²) in [6, 6.07) is 13.9. The molecule has 4 rings (SSSR count). The molecule has 0 radical (unpaired) electrons. The SMILES string of the molecule is Cc1ccc(-c2csc3nc(CNc4ccc(CC#N)cc4)[nH]c(=O)c23)s1. The van der Waals surface area contributed by atoms with Crippen molar-refractivity contribution >= 4 is 38.6 Å². The van der Waals surface area contributed by atoms with Crippen LogP contribution in [-0.4, -0.2) is 9.97 Å². The van der Waals surface area contributed by atoms with E-state index in [1.54, 1.807) is 11.3 Å². The lowest BCUT2D eigenvalue weighted by molar-refractivity contribution is 0.957. The average Bonchev–Trinajstić information content (AvgIpc) is 3.28. The quantitative estimate of drug-likeness (QED) is 0.516. The fourth-order valence-electron chi connectivity index (χ4n) is 2.86. The molecule has 0 spiro atoms. The Balaban J connectivity index is 1.57. The smallest absolute Gasteiger partial charge is 0.260 e. The second kappa shape index (κ2) is 7.35. The molecule has 27 heavy (non-hydrogen) atoms. The summed E-state index contributed by atoms with van der Waals surface area (Å²) in [7, 11) is 0. The Morgan fingerprint density at radius 2 is 2.04 bits per heavy atom. The van der Waals surface area contributed by atoms with Gasteiger partial charge in [-0.1, -0.05) is 12.1 Å². The first-order chi connectivity index (χ1) is 13.1. The Bertz CT molecular complexity index is 1200. The third-order valence-electron chi connectivity index (χ3n) is 4.20. The van der Waals surface area contributed by atoms with Crippen LogP contribution in [0.3, 0.4) is 0 Å². The molecule has 7 heteroatoms. The standard InChI is InChI=1S/C20H16N4OS2/c1-12-2-7-16(27-12)15-11-26-20-18(15)19(25)23-17(24-20)10-22-14-5-3-13(4-6-14)8-9-21/h2-7,11,22H,8,10H2,1H3,(H,23,24,25). The predicted octanol–water partition coefficient (Wildman–Crippen LogP) is 4.70. The van der Waals surface area contributed by atoms with Crippen LogP contribution in [-0.2, 0) is 13.0 Å². The highest BCUT2D eigenvalue weighted by Crippen LogP contribution is 2.34. The first-order valence-electron chi connectivity index (χ1n) is 8.41. The van der Waals surface area contributed by atoms with Gasteiger partial charge in [0.2, 0.25) is 0 Å². The number of anilines is 1. The molecule has 3 heterocycles. The summed E-state index contributed by atoms with van der Waals surface area (Å²) in [6.45, 7) is 2.48. The number of aromatic nitrogens is 2. The van der Waals surface area contributed by atoms with E-state index in [0.29, 0.717) is 24.2 Å². The summed E-state index contributed by atoms with van der Waals surface area (Å²) in [6.07, 6.45) is 0.399. The van der Waals surface area contributed by atoms with E-state index in [-0.39, 0.29) is 5.56 Å². The molecule has 0 saturated carbocycles. The molecule has 1 aromatic carbocycles. The molecule has 134 valence electrons. The summed E-state index contributed by atoms with van der Waals surface area (Å²) in [5.74, 6) is 0.601. The van der Waals surface area contributed by atoms with Crippen molar-refractivity contribution in [3.63, 3.8) is 0 Å². The van der Waals surface area contributed by atoms with Crippen molar-refractivity contribution < 1.29 is 0 Å². The van der Waals surface area contributed by atoms with Crippen LogP contribution < -0.4 is 10.9 Å². The van der Waals surface area contributed by atoms with Gasteiger partial charge in [-0.3, -0.25) is 4.79 Å². The molecule has 0 saturated heterocycles.